The molecule has 0 spiro atoms. The van der Waals surface area contributed by atoms with Gasteiger partial charge in [0, 0.05) is 0 Å². The predicted octanol–water partition coefficient (Wildman–Crippen LogP) is -0.0279. The van der Waals surface area contributed by atoms with Gasteiger partial charge in [-0.1, -0.05) is 0 Å². The lowest BCUT2D eigenvalue weighted by molar-refractivity contribution is -0.234. The molecule has 0 aromatic rings. The van der Waals surface area contributed by atoms with Crippen LogP contribution in [0.25, 0.3) is 0 Å². The molecule has 0 fully saturated rings. The van der Waals surface area contributed by atoms with Gasteiger partial charge >= 0.3 is 5.97 Å². The summed E-state index contributed by atoms with van der Waals surface area (Å²) < 4.78 is 17.0. The van der Waals surface area contributed by atoms with E-state index in [2.05, 4.69) is 4.89 Å². The number of alkyl halides is 1. The Morgan fingerprint density at radius 2 is 2.83 bits per heavy atom. The Balaban J connectivity index is 3.35. The minimum absolute atomic E-state index is 1.60. The van der Waals surface area contributed by atoms with Crippen LogP contribution in [0, 0.1) is 0 Å². The van der Waals surface area contributed by atoms with Gasteiger partial charge in [0.1, 0.15) is 0 Å². The van der Waals surface area contributed by atoms with Gasteiger partial charge in [-0.2, -0.15) is 5.26 Å². The van der Waals surface area contributed by atoms with Gasteiger partial charge in [-0.05, 0) is 0 Å². The molecule has 0 aromatic heterocycles. The number of carbonyl (C=O) groups is 1. The Bertz CT molecular complexity index is 73.3. The van der Waals surface area contributed by atoms with Gasteiger partial charge in [-0.3, -0.25) is 4.89 Å². The highest BCUT2D eigenvalue weighted by Gasteiger charge is 1.94. The van der Waals surface area contributed by atoms with Crippen LogP contribution in [0.4, 0.5) is 4.39 Å². The maximum absolute atomic E-state index is 11.1. The number of hydrogen-bond donors (Lipinski definition) is 1. The molecule has 6 heavy (non-hydrogen) atoms. The lowest BCUT2D eigenvalue weighted by atomic mass is 10.8. The van der Waals surface area contributed by atoms with Crippen molar-refractivity contribution in [2.75, 3.05) is 6.65 Å². The smallest absolute Gasteiger partial charge is 0.298 e. The van der Waals surface area contributed by atoms with Crippen LogP contribution in [0.2, 0.25) is 0 Å². The summed E-state index contributed by atoms with van der Waals surface area (Å²) in [4.78, 5) is 12.3. The summed E-state index contributed by atoms with van der Waals surface area (Å²) in [6.45, 7) is -2.50. The van der Waals surface area contributed by atoms with Gasteiger partial charge in [-0.15, -0.1) is 0 Å². The molecule has 0 amide bonds. The second-order valence-electron chi connectivity index (χ2n) is 0.519. The third-order valence-corrected chi connectivity index (χ3v) is 0.179. The zero-order chi connectivity index (χ0) is 5.86. The molecule has 0 saturated carbocycles. The van der Waals surface area contributed by atoms with Crippen LogP contribution in [0.5, 0.6) is 0 Å². The third-order valence-electron chi connectivity index (χ3n) is 0.179. The number of hydrogen-bond acceptors (Lipinski definition) is 3. The highest BCUT2D eigenvalue weighted by molar-refractivity contribution is 5.69. The molecule has 0 aliphatic carbocycles. The van der Waals surface area contributed by atoms with Gasteiger partial charge in [0.25, 0.3) is 0 Å². The van der Waals surface area contributed by atoms with Crippen LogP contribution in [0.15, 0.2) is 0 Å². The van der Waals surface area contributed by atoms with E-state index in [-0.39, 0.29) is 0 Å². The Labute approximate surface area is 34.7 Å². The molecule has 1 atom stereocenters. The molecule has 1 unspecified atom stereocenters. The first-order chi connectivity index (χ1) is 3.18. The normalized spacial score (nSPS) is 15.3. The molecular weight excluding hydrogens is 91.0 g/mol. The van der Waals surface area contributed by atoms with Crippen molar-refractivity contribution in [3.63, 3.8) is 0 Å². The topological polar surface area (TPSA) is 46.5 Å². The van der Waals surface area contributed by atoms with Gasteiger partial charge in [0.05, 0.1) is 1.37 Å². The molecule has 0 heterocycles. The van der Waals surface area contributed by atoms with E-state index in [1.807, 2.05) is 0 Å². The Kier molecular flexibility index (Phi) is 1.53. The lowest BCUT2D eigenvalue weighted by Crippen LogP contribution is -2.00. The molecular formula is C2H3FO3. The SMILES string of the molecule is [2H]C(F)C(=O)OO. The number of halogens is 1. The summed E-state index contributed by atoms with van der Waals surface area (Å²) in [6.07, 6.45) is 0. The first-order valence-electron chi connectivity index (χ1n) is 1.68. The largest absolute Gasteiger partial charge is 0.372 e. The van der Waals surface area contributed by atoms with Crippen molar-refractivity contribution >= 4 is 5.97 Å². The maximum Gasteiger partial charge on any atom is 0.372 e. The van der Waals surface area contributed by atoms with Crippen molar-refractivity contribution in [3.05, 3.63) is 0 Å². The zero-order valence-electron chi connectivity index (χ0n) is 3.72. The molecule has 0 bridgehead atoms. The van der Waals surface area contributed by atoms with Gasteiger partial charge in [-0.25, -0.2) is 9.18 Å². The van der Waals surface area contributed by atoms with Crippen LogP contribution >= 0.6 is 0 Å². The maximum atomic E-state index is 11.1. The molecule has 1 N–H and O–H groups in total. The predicted molar refractivity (Wildman–Crippen MR) is 14.7 cm³/mol. The Morgan fingerprint density at radius 3 is 2.83 bits per heavy atom. The average Bonchev–Trinajstić information content (AvgIpc) is 1.65. The summed E-state index contributed by atoms with van der Waals surface area (Å²) in [5.41, 5.74) is 0. The Hall–Kier alpha value is -0.640. The van der Waals surface area contributed by atoms with Crippen LogP contribution in [0.1, 0.15) is 1.37 Å². The van der Waals surface area contributed by atoms with E-state index in [0.717, 1.165) is 0 Å². The third kappa shape index (κ3) is 1.66. The Morgan fingerprint density at radius 1 is 2.33 bits per heavy atom. The van der Waals surface area contributed by atoms with Crippen molar-refractivity contribution in [1.29, 1.82) is 0 Å². The molecule has 0 radical (unpaired) electrons. The van der Waals surface area contributed by atoms with E-state index in [9.17, 15) is 9.18 Å². The summed E-state index contributed by atoms with van der Waals surface area (Å²) in [6, 6.07) is 0. The van der Waals surface area contributed by atoms with Gasteiger partial charge < -0.3 is 0 Å². The molecule has 0 saturated heterocycles. The van der Waals surface area contributed by atoms with E-state index in [4.69, 9.17) is 6.63 Å². The van der Waals surface area contributed by atoms with Gasteiger partial charge in [0.2, 0.25) is 0 Å². The van der Waals surface area contributed by atoms with Crippen molar-refractivity contribution in [1.82, 2.24) is 0 Å². The average molecular weight is 95.0 g/mol. The fraction of sp³-hybridized carbons (Fsp3) is 0.500. The molecule has 36 valence electrons. The quantitative estimate of drug-likeness (QED) is 0.367. The summed E-state index contributed by atoms with van der Waals surface area (Å²) in [7, 11) is 0. The highest BCUT2D eigenvalue weighted by Crippen LogP contribution is 1.69. The fourth-order valence-electron chi connectivity index (χ4n) is 0.0199. The van der Waals surface area contributed by atoms with Crippen molar-refractivity contribution < 1.29 is 20.7 Å². The van der Waals surface area contributed by atoms with Crippen LogP contribution in [-0.2, 0) is 9.68 Å². The van der Waals surface area contributed by atoms with E-state index < -0.39 is 12.6 Å². The zero-order valence-corrected chi connectivity index (χ0v) is 2.72. The van der Waals surface area contributed by atoms with Crippen molar-refractivity contribution in [2.24, 2.45) is 0 Å². The summed E-state index contributed by atoms with van der Waals surface area (Å²) >= 11 is 0. The molecule has 0 rings (SSSR count). The van der Waals surface area contributed by atoms with Crippen LogP contribution in [0.3, 0.4) is 0 Å². The van der Waals surface area contributed by atoms with E-state index >= 15 is 0 Å². The first kappa shape index (κ1) is 3.55. The van der Waals surface area contributed by atoms with E-state index in [1.165, 1.54) is 0 Å². The number of rotatable bonds is 1. The lowest BCUT2D eigenvalue weighted by Gasteiger charge is -1.81. The van der Waals surface area contributed by atoms with Crippen LogP contribution in [-0.4, -0.2) is 17.9 Å². The number of carbonyl (C=O) groups excluding carboxylic acids is 1. The fourth-order valence-corrected chi connectivity index (χ4v) is 0.0199. The summed E-state index contributed by atoms with van der Waals surface area (Å²) in [5.74, 6) is -1.60. The molecule has 0 aliphatic heterocycles. The standard InChI is InChI=1S/C2H3FO3/c3-1-2(4)6-5/h5H,1H2/i1D. The van der Waals surface area contributed by atoms with E-state index in [1.54, 1.807) is 0 Å². The minimum atomic E-state index is -2.50. The summed E-state index contributed by atoms with van der Waals surface area (Å²) in [5, 5.41) is 7.30. The minimum Gasteiger partial charge on any atom is -0.298 e. The molecule has 0 aromatic carbocycles. The monoisotopic (exact) mass is 95.0 g/mol. The van der Waals surface area contributed by atoms with Gasteiger partial charge in [0.15, 0.2) is 6.65 Å². The molecule has 3 nitrogen and oxygen atoms in total. The highest BCUT2D eigenvalue weighted by atomic mass is 19.1. The molecule has 4 heteroatoms. The van der Waals surface area contributed by atoms with Crippen molar-refractivity contribution in [2.45, 2.75) is 0 Å². The second-order valence-corrected chi connectivity index (χ2v) is 0.519. The first-order valence-corrected chi connectivity index (χ1v) is 1.10. The second kappa shape index (κ2) is 2.59. The van der Waals surface area contributed by atoms with Crippen molar-refractivity contribution in [3.8, 4) is 0 Å². The van der Waals surface area contributed by atoms with E-state index in [0.29, 0.717) is 0 Å². The molecule has 0 aliphatic rings. The van der Waals surface area contributed by atoms with Crippen LogP contribution < -0.4 is 0 Å².